The molecule has 3 rings (SSSR count). The van der Waals surface area contributed by atoms with Gasteiger partial charge in [-0.1, -0.05) is 30.3 Å². The Labute approximate surface area is 98.8 Å². The molecule has 0 amide bonds. The van der Waals surface area contributed by atoms with Gasteiger partial charge in [0.05, 0.1) is 17.6 Å². The molecule has 0 radical (unpaired) electrons. The molecule has 0 saturated carbocycles. The zero-order valence-corrected chi connectivity index (χ0v) is 9.22. The molecule has 0 atom stereocenters. The number of aromatic amines is 1. The van der Waals surface area contributed by atoms with Gasteiger partial charge >= 0.3 is 0 Å². The lowest BCUT2D eigenvalue weighted by Gasteiger charge is -1.99. The average molecular weight is 224 g/mol. The maximum atomic E-state index is 9.12. The molecule has 0 saturated heterocycles. The third kappa shape index (κ3) is 1.81. The molecule has 3 nitrogen and oxygen atoms in total. The van der Waals surface area contributed by atoms with Crippen molar-refractivity contribution in [2.24, 2.45) is 0 Å². The summed E-state index contributed by atoms with van der Waals surface area (Å²) < 4.78 is 0. The number of aliphatic hydroxyl groups excluding tert-OH is 1. The van der Waals surface area contributed by atoms with E-state index in [4.69, 9.17) is 5.11 Å². The summed E-state index contributed by atoms with van der Waals surface area (Å²) in [6, 6.07) is 15.7. The average Bonchev–Trinajstić information content (AvgIpc) is 2.82. The van der Waals surface area contributed by atoms with Crippen molar-refractivity contribution in [2.75, 3.05) is 0 Å². The molecule has 0 spiro atoms. The van der Waals surface area contributed by atoms with Crippen LogP contribution in [0.15, 0.2) is 48.5 Å². The fraction of sp³-hybridized carbons (Fsp3) is 0.0714. The van der Waals surface area contributed by atoms with Crippen LogP contribution in [-0.4, -0.2) is 15.1 Å². The summed E-state index contributed by atoms with van der Waals surface area (Å²) in [5.74, 6) is 0.835. The van der Waals surface area contributed by atoms with Gasteiger partial charge in [-0.2, -0.15) is 0 Å². The van der Waals surface area contributed by atoms with Gasteiger partial charge in [0.15, 0.2) is 0 Å². The Balaban J connectivity index is 2.13. The Hall–Kier alpha value is -2.13. The van der Waals surface area contributed by atoms with Crippen molar-refractivity contribution in [3.8, 4) is 11.4 Å². The Bertz CT molecular complexity index is 625. The van der Waals surface area contributed by atoms with Gasteiger partial charge in [-0.05, 0) is 23.8 Å². The van der Waals surface area contributed by atoms with E-state index in [1.807, 2.05) is 48.5 Å². The van der Waals surface area contributed by atoms with E-state index in [-0.39, 0.29) is 6.61 Å². The van der Waals surface area contributed by atoms with Crippen molar-refractivity contribution in [3.63, 3.8) is 0 Å². The number of nitrogens with zero attached hydrogens (tertiary/aromatic N) is 1. The first-order valence-corrected chi connectivity index (χ1v) is 5.52. The molecule has 0 aliphatic rings. The summed E-state index contributed by atoms with van der Waals surface area (Å²) in [6.45, 7) is 0.0497. The van der Waals surface area contributed by atoms with Crippen LogP contribution in [0.3, 0.4) is 0 Å². The molecule has 0 aliphatic heterocycles. The Morgan fingerprint density at radius 3 is 2.76 bits per heavy atom. The van der Waals surface area contributed by atoms with Crippen molar-refractivity contribution in [3.05, 3.63) is 54.1 Å². The predicted molar refractivity (Wildman–Crippen MR) is 67.5 cm³/mol. The van der Waals surface area contributed by atoms with Crippen LogP contribution in [0.25, 0.3) is 22.4 Å². The molecule has 0 fully saturated rings. The summed E-state index contributed by atoms with van der Waals surface area (Å²) in [4.78, 5) is 7.79. The van der Waals surface area contributed by atoms with Crippen molar-refractivity contribution in [2.45, 2.75) is 6.61 Å². The molecule has 2 aromatic carbocycles. The van der Waals surface area contributed by atoms with Crippen LogP contribution in [-0.2, 0) is 6.61 Å². The highest BCUT2D eigenvalue weighted by Crippen LogP contribution is 2.21. The van der Waals surface area contributed by atoms with E-state index in [2.05, 4.69) is 9.97 Å². The van der Waals surface area contributed by atoms with E-state index < -0.39 is 0 Å². The van der Waals surface area contributed by atoms with Crippen molar-refractivity contribution >= 4 is 11.0 Å². The molecule has 1 heterocycles. The van der Waals surface area contributed by atoms with Gasteiger partial charge in [0.25, 0.3) is 0 Å². The van der Waals surface area contributed by atoms with E-state index in [1.165, 1.54) is 0 Å². The van der Waals surface area contributed by atoms with E-state index in [1.54, 1.807) is 0 Å². The number of benzene rings is 2. The largest absolute Gasteiger partial charge is 0.392 e. The maximum Gasteiger partial charge on any atom is 0.138 e. The van der Waals surface area contributed by atoms with Crippen molar-refractivity contribution in [1.82, 2.24) is 9.97 Å². The first-order valence-electron chi connectivity index (χ1n) is 5.52. The third-order valence-corrected chi connectivity index (χ3v) is 2.77. The number of hydrogen-bond acceptors (Lipinski definition) is 2. The molecule has 3 heteroatoms. The molecule has 1 aromatic heterocycles. The molecule has 17 heavy (non-hydrogen) atoms. The van der Waals surface area contributed by atoms with Crippen molar-refractivity contribution in [1.29, 1.82) is 0 Å². The first-order chi connectivity index (χ1) is 8.36. The van der Waals surface area contributed by atoms with Gasteiger partial charge in [-0.25, -0.2) is 4.98 Å². The van der Waals surface area contributed by atoms with Crippen LogP contribution in [0, 0.1) is 0 Å². The lowest BCUT2D eigenvalue weighted by molar-refractivity contribution is 0.282. The number of fused-ring (bicyclic) bond motifs is 1. The van der Waals surface area contributed by atoms with Crippen LogP contribution in [0.4, 0.5) is 0 Å². The topological polar surface area (TPSA) is 48.9 Å². The summed E-state index contributed by atoms with van der Waals surface area (Å²) in [6.07, 6.45) is 0. The highest BCUT2D eigenvalue weighted by Gasteiger charge is 2.04. The molecule has 0 bridgehead atoms. The standard InChI is InChI=1S/C14H12N2O/c17-9-10-4-3-5-11(8-10)14-15-12-6-1-2-7-13(12)16-14/h1-8,17H,9H2,(H,15,16). The molecule has 84 valence electrons. The van der Waals surface area contributed by atoms with Crippen LogP contribution in [0.5, 0.6) is 0 Å². The predicted octanol–water partition coefficient (Wildman–Crippen LogP) is 2.72. The lowest BCUT2D eigenvalue weighted by atomic mass is 10.1. The summed E-state index contributed by atoms with van der Waals surface area (Å²) in [5, 5.41) is 9.12. The lowest BCUT2D eigenvalue weighted by Crippen LogP contribution is -1.85. The Morgan fingerprint density at radius 2 is 1.94 bits per heavy atom. The minimum atomic E-state index is 0.0497. The van der Waals surface area contributed by atoms with Crippen LogP contribution in [0.2, 0.25) is 0 Å². The zero-order valence-electron chi connectivity index (χ0n) is 9.22. The second-order valence-corrected chi connectivity index (χ2v) is 3.96. The van der Waals surface area contributed by atoms with Gasteiger partial charge in [-0.15, -0.1) is 0 Å². The van der Waals surface area contributed by atoms with E-state index in [0.29, 0.717) is 0 Å². The second kappa shape index (κ2) is 4.03. The molecule has 2 N–H and O–H groups in total. The number of aliphatic hydroxyl groups is 1. The molecular weight excluding hydrogens is 212 g/mol. The van der Waals surface area contributed by atoms with Crippen molar-refractivity contribution < 1.29 is 5.11 Å². The fourth-order valence-corrected chi connectivity index (χ4v) is 1.91. The summed E-state index contributed by atoms with van der Waals surface area (Å²) >= 11 is 0. The quantitative estimate of drug-likeness (QED) is 0.703. The monoisotopic (exact) mass is 224 g/mol. The van der Waals surface area contributed by atoms with Gasteiger partial charge in [0, 0.05) is 5.56 Å². The van der Waals surface area contributed by atoms with Crippen LogP contribution in [0.1, 0.15) is 5.56 Å². The highest BCUT2D eigenvalue weighted by molar-refractivity contribution is 5.79. The zero-order chi connectivity index (χ0) is 11.7. The summed E-state index contributed by atoms with van der Waals surface area (Å²) in [5.41, 5.74) is 3.87. The molecular formula is C14H12N2O. The maximum absolute atomic E-state index is 9.12. The van der Waals surface area contributed by atoms with E-state index in [0.717, 1.165) is 28.0 Å². The number of H-pyrrole nitrogens is 1. The second-order valence-electron chi connectivity index (χ2n) is 3.96. The smallest absolute Gasteiger partial charge is 0.138 e. The van der Waals surface area contributed by atoms with Gasteiger partial charge in [-0.3, -0.25) is 0 Å². The van der Waals surface area contributed by atoms with Crippen LogP contribution >= 0.6 is 0 Å². The highest BCUT2D eigenvalue weighted by atomic mass is 16.3. The van der Waals surface area contributed by atoms with Crippen LogP contribution < -0.4 is 0 Å². The molecule has 0 unspecified atom stereocenters. The minimum Gasteiger partial charge on any atom is -0.392 e. The Morgan fingerprint density at radius 1 is 1.06 bits per heavy atom. The number of hydrogen-bond donors (Lipinski definition) is 2. The molecule has 3 aromatic rings. The van der Waals surface area contributed by atoms with Gasteiger partial charge in [0.2, 0.25) is 0 Å². The number of nitrogens with one attached hydrogen (secondary N) is 1. The molecule has 0 aliphatic carbocycles. The number of para-hydroxylation sites is 2. The SMILES string of the molecule is OCc1cccc(-c2nc3ccccc3[nH]2)c1. The first kappa shape index (κ1) is 10.1. The van der Waals surface area contributed by atoms with Gasteiger partial charge < -0.3 is 10.1 Å². The number of imidazole rings is 1. The minimum absolute atomic E-state index is 0.0497. The number of rotatable bonds is 2. The van der Waals surface area contributed by atoms with Gasteiger partial charge in [0.1, 0.15) is 5.82 Å². The van der Waals surface area contributed by atoms with E-state index in [9.17, 15) is 0 Å². The Kier molecular flexibility index (Phi) is 2.38. The van der Waals surface area contributed by atoms with E-state index >= 15 is 0 Å². The summed E-state index contributed by atoms with van der Waals surface area (Å²) in [7, 11) is 0. The normalized spacial score (nSPS) is 10.9. The third-order valence-electron chi connectivity index (χ3n) is 2.77. The number of aromatic nitrogens is 2. The fourth-order valence-electron chi connectivity index (χ4n) is 1.91.